The second kappa shape index (κ2) is 5.63. The van der Waals surface area contributed by atoms with Crippen molar-refractivity contribution in [1.82, 2.24) is 4.90 Å². The highest BCUT2D eigenvalue weighted by molar-refractivity contribution is 5.36. The Kier molecular flexibility index (Phi) is 4.11. The van der Waals surface area contributed by atoms with E-state index in [2.05, 4.69) is 0 Å². The lowest BCUT2D eigenvalue weighted by Crippen LogP contribution is -2.34. The van der Waals surface area contributed by atoms with Crippen molar-refractivity contribution in [2.75, 3.05) is 13.2 Å². The van der Waals surface area contributed by atoms with E-state index in [1.165, 1.54) is 6.07 Å². The monoisotopic (exact) mass is 268 g/mol. The molecule has 5 nitrogen and oxygen atoms in total. The number of nitro groups is 1. The molecule has 0 amide bonds. The fourth-order valence-corrected chi connectivity index (χ4v) is 2.63. The van der Waals surface area contributed by atoms with Gasteiger partial charge < -0.3 is 5.11 Å². The Labute approximate surface area is 110 Å². The molecule has 104 valence electrons. The van der Waals surface area contributed by atoms with Gasteiger partial charge in [-0.3, -0.25) is 15.0 Å². The average Bonchev–Trinajstić information content (AvgIpc) is 2.72. The van der Waals surface area contributed by atoms with Crippen LogP contribution in [0.2, 0.25) is 0 Å². The maximum Gasteiger partial charge on any atom is 0.305 e. The van der Waals surface area contributed by atoms with Crippen LogP contribution >= 0.6 is 0 Å². The lowest BCUT2D eigenvalue weighted by molar-refractivity contribution is -0.387. The van der Waals surface area contributed by atoms with Gasteiger partial charge in [-0.1, -0.05) is 19.1 Å². The summed E-state index contributed by atoms with van der Waals surface area (Å²) in [5.41, 5.74) is -0.188. The van der Waals surface area contributed by atoms with Gasteiger partial charge >= 0.3 is 5.69 Å². The lowest BCUT2D eigenvalue weighted by atomic mass is 10.0. The molecule has 1 saturated heterocycles. The molecule has 2 unspecified atom stereocenters. The maximum atomic E-state index is 14.0. The van der Waals surface area contributed by atoms with Crippen LogP contribution in [-0.4, -0.2) is 34.1 Å². The Bertz CT molecular complexity index is 481. The first-order valence-corrected chi connectivity index (χ1v) is 6.31. The number of nitrogens with zero attached hydrogens (tertiary/aromatic N) is 2. The Hall–Kier alpha value is -1.53. The molecule has 1 N–H and O–H groups in total. The molecular formula is C13H17FN2O3. The molecule has 6 heteroatoms. The molecule has 1 aliphatic rings. The van der Waals surface area contributed by atoms with E-state index >= 15 is 0 Å². The standard InChI is InChI=1S/C13H17FN2O3/c1-9-5-6-15(12(9)8-17)7-10-3-2-4-11(13(10)14)16(18)19/h2-4,9,12,17H,5-8H2,1H3. The summed E-state index contributed by atoms with van der Waals surface area (Å²) in [6.45, 7) is 3.14. The molecular weight excluding hydrogens is 251 g/mol. The number of benzene rings is 1. The Balaban J connectivity index is 2.20. The van der Waals surface area contributed by atoms with Crippen molar-refractivity contribution in [1.29, 1.82) is 0 Å². The Morgan fingerprint density at radius 3 is 2.95 bits per heavy atom. The molecule has 2 atom stereocenters. The molecule has 0 bridgehead atoms. The largest absolute Gasteiger partial charge is 0.395 e. The van der Waals surface area contributed by atoms with E-state index in [1.54, 1.807) is 6.07 Å². The Morgan fingerprint density at radius 1 is 1.58 bits per heavy atom. The normalized spacial score (nSPS) is 23.7. The van der Waals surface area contributed by atoms with Gasteiger partial charge in [0, 0.05) is 24.2 Å². The van der Waals surface area contributed by atoms with Gasteiger partial charge in [-0.15, -0.1) is 0 Å². The molecule has 0 aromatic heterocycles. The van der Waals surface area contributed by atoms with Gasteiger partial charge in [0.25, 0.3) is 0 Å². The van der Waals surface area contributed by atoms with Crippen LogP contribution in [0.15, 0.2) is 18.2 Å². The summed E-state index contributed by atoms with van der Waals surface area (Å²) >= 11 is 0. The summed E-state index contributed by atoms with van der Waals surface area (Å²) in [6.07, 6.45) is 0.946. The summed E-state index contributed by atoms with van der Waals surface area (Å²) < 4.78 is 14.0. The van der Waals surface area contributed by atoms with Gasteiger partial charge in [-0.2, -0.15) is 4.39 Å². The number of hydrogen-bond donors (Lipinski definition) is 1. The van der Waals surface area contributed by atoms with Crippen LogP contribution in [0.3, 0.4) is 0 Å². The van der Waals surface area contributed by atoms with Gasteiger partial charge in [-0.05, 0) is 18.9 Å². The minimum absolute atomic E-state index is 0.00124. The van der Waals surface area contributed by atoms with E-state index in [-0.39, 0.29) is 12.6 Å². The SMILES string of the molecule is CC1CCN(Cc2cccc([N+](=O)[O-])c2F)C1CO. The molecule has 1 aromatic carbocycles. The fraction of sp³-hybridized carbons (Fsp3) is 0.538. The molecule has 2 rings (SSSR count). The quantitative estimate of drug-likeness (QED) is 0.669. The van der Waals surface area contributed by atoms with Crippen molar-refractivity contribution in [3.8, 4) is 0 Å². The highest BCUT2D eigenvalue weighted by Crippen LogP contribution is 2.27. The van der Waals surface area contributed by atoms with Crippen molar-refractivity contribution < 1.29 is 14.4 Å². The first kappa shape index (κ1) is 13.9. The van der Waals surface area contributed by atoms with Crippen LogP contribution in [0.4, 0.5) is 10.1 Å². The van der Waals surface area contributed by atoms with Crippen LogP contribution in [0.5, 0.6) is 0 Å². The molecule has 19 heavy (non-hydrogen) atoms. The van der Waals surface area contributed by atoms with Crippen molar-refractivity contribution in [2.45, 2.75) is 25.9 Å². The molecule has 0 saturated carbocycles. The summed E-state index contributed by atoms with van der Waals surface area (Å²) in [5.74, 6) is -0.421. The third-order valence-electron chi connectivity index (χ3n) is 3.81. The smallest absolute Gasteiger partial charge is 0.305 e. The summed E-state index contributed by atoms with van der Waals surface area (Å²) in [7, 11) is 0. The van der Waals surface area contributed by atoms with Crippen LogP contribution < -0.4 is 0 Å². The molecule has 1 heterocycles. The van der Waals surface area contributed by atoms with Gasteiger partial charge in [-0.25, -0.2) is 0 Å². The van der Waals surface area contributed by atoms with Gasteiger partial charge in [0.05, 0.1) is 11.5 Å². The molecule has 0 spiro atoms. The number of nitro benzene ring substituents is 1. The molecule has 1 aliphatic heterocycles. The Morgan fingerprint density at radius 2 is 2.32 bits per heavy atom. The van der Waals surface area contributed by atoms with Crippen LogP contribution in [0.25, 0.3) is 0 Å². The van der Waals surface area contributed by atoms with Crippen LogP contribution in [0.1, 0.15) is 18.9 Å². The van der Waals surface area contributed by atoms with Gasteiger partial charge in [0.15, 0.2) is 0 Å². The number of likely N-dealkylation sites (tertiary alicyclic amines) is 1. The average molecular weight is 268 g/mol. The van der Waals surface area contributed by atoms with E-state index in [1.807, 2.05) is 11.8 Å². The van der Waals surface area contributed by atoms with Crippen molar-refractivity contribution in [2.24, 2.45) is 5.92 Å². The maximum absolute atomic E-state index is 14.0. The predicted molar refractivity (Wildman–Crippen MR) is 68.1 cm³/mol. The summed E-state index contributed by atoms with van der Waals surface area (Å²) in [6, 6.07) is 4.21. The summed E-state index contributed by atoms with van der Waals surface area (Å²) in [5, 5.41) is 20.0. The zero-order valence-corrected chi connectivity index (χ0v) is 10.8. The van der Waals surface area contributed by atoms with E-state index in [0.29, 0.717) is 18.0 Å². The van der Waals surface area contributed by atoms with Gasteiger partial charge in [0.2, 0.25) is 5.82 Å². The third kappa shape index (κ3) is 2.74. The third-order valence-corrected chi connectivity index (χ3v) is 3.81. The zero-order valence-electron chi connectivity index (χ0n) is 10.8. The summed E-state index contributed by atoms with van der Waals surface area (Å²) in [4.78, 5) is 12.0. The lowest BCUT2D eigenvalue weighted by Gasteiger charge is -2.25. The highest BCUT2D eigenvalue weighted by atomic mass is 19.1. The molecule has 1 aromatic rings. The van der Waals surface area contributed by atoms with E-state index in [4.69, 9.17) is 0 Å². The fourth-order valence-electron chi connectivity index (χ4n) is 2.63. The van der Waals surface area contributed by atoms with Crippen molar-refractivity contribution >= 4 is 5.69 Å². The van der Waals surface area contributed by atoms with Crippen molar-refractivity contribution in [3.05, 3.63) is 39.7 Å². The van der Waals surface area contributed by atoms with Crippen molar-refractivity contribution in [3.63, 3.8) is 0 Å². The van der Waals surface area contributed by atoms with E-state index in [0.717, 1.165) is 19.0 Å². The highest BCUT2D eigenvalue weighted by Gasteiger charge is 2.31. The molecule has 0 radical (unpaired) electrons. The van der Waals surface area contributed by atoms with E-state index in [9.17, 15) is 19.6 Å². The topological polar surface area (TPSA) is 66.6 Å². The van der Waals surface area contributed by atoms with Crippen LogP contribution in [-0.2, 0) is 6.54 Å². The minimum Gasteiger partial charge on any atom is -0.395 e. The number of aliphatic hydroxyl groups excluding tert-OH is 1. The van der Waals surface area contributed by atoms with Crippen LogP contribution in [0, 0.1) is 21.8 Å². The predicted octanol–water partition coefficient (Wildman–Crippen LogP) is 1.94. The first-order valence-electron chi connectivity index (χ1n) is 6.31. The first-order chi connectivity index (χ1) is 9.04. The van der Waals surface area contributed by atoms with E-state index < -0.39 is 16.4 Å². The number of rotatable bonds is 4. The number of aliphatic hydroxyl groups is 1. The second-order valence-corrected chi connectivity index (χ2v) is 4.99. The second-order valence-electron chi connectivity index (χ2n) is 4.99. The molecule has 1 fully saturated rings. The minimum atomic E-state index is -0.774. The zero-order chi connectivity index (χ0) is 14.0. The number of halogens is 1. The van der Waals surface area contributed by atoms with Gasteiger partial charge in [0.1, 0.15) is 0 Å². The molecule has 0 aliphatic carbocycles. The number of hydrogen-bond acceptors (Lipinski definition) is 4.